The second-order valence-corrected chi connectivity index (χ2v) is 6.16. The van der Waals surface area contributed by atoms with Gasteiger partial charge in [0.15, 0.2) is 16.6 Å². The lowest BCUT2D eigenvalue weighted by Gasteiger charge is -2.11. The number of para-hydroxylation sites is 2. The summed E-state index contributed by atoms with van der Waals surface area (Å²) >= 11 is 1.46. The molecule has 6 heteroatoms. The lowest BCUT2D eigenvalue weighted by molar-refractivity contribution is 0.102. The molecule has 24 heavy (non-hydrogen) atoms. The Morgan fingerprint density at radius 2 is 1.96 bits per heavy atom. The first-order valence-corrected chi connectivity index (χ1v) is 8.40. The third kappa shape index (κ3) is 2.92. The number of nitrogens with zero attached hydrogens (tertiary/aromatic N) is 1. The molecule has 1 heterocycles. The van der Waals surface area contributed by atoms with Crippen molar-refractivity contribution in [3.63, 3.8) is 0 Å². The molecule has 0 fully saturated rings. The predicted octanol–water partition coefficient (Wildman–Crippen LogP) is 4.13. The molecule has 2 aromatic carbocycles. The fourth-order valence-corrected chi connectivity index (χ4v) is 3.48. The van der Waals surface area contributed by atoms with Crippen molar-refractivity contribution < 1.29 is 14.3 Å². The normalized spacial score (nSPS) is 10.6. The molecule has 1 amide bonds. The molecule has 1 aromatic heterocycles. The van der Waals surface area contributed by atoms with Crippen LogP contribution in [0.3, 0.4) is 0 Å². The summed E-state index contributed by atoms with van der Waals surface area (Å²) < 4.78 is 11.6. The molecule has 0 radical (unpaired) electrons. The molecule has 3 aromatic rings. The van der Waals surface area contributed by atoms with E-state index in [1.165, 1.54) is 24.0 Å². The summed E-state index contributed by atoms with van der Waals surface area (Å²) in [4.78, 5) is 17.2. The first-order valence-electron chi connectivity index (χ1n) is 7.58. The Morgan fingerprint density at radius 1 is 1.17 bits per heavy atom. The van der Waals surface area contributed by atoms with E-state index >= 15 is 0 Å². The van der Waals surface area contributed by atoms with Crippen molar-refractivity contribution in [3.8, 4) is 11.5 Å². The van der Waals surface area contributed by atoms with Crippen LogP contribution in [0.1, 0.15) is 22.8 Å². The van der Waals surface area contributed by atoms with Crippen molar-refractivity contribution >= 4 is 32.6 Å². The topological polar surface area (TPSA) is 60.5 Å². The number of aromatic nitrogens is 1. The van der Waals surface area contributed by atoms with Gasteiger partial charge >= 0.3 is 0 Å². The maximum absolute atomic E-state index is 12.6. The first-order chi connectivity index (χ1) is 11.7. The molecule has 0 saturated carbocycles. The van der Waals surface area contributed by atoms with Gasteiger partial charge < -0.3 is 9.47 Å². The van der Waals surface area contributed by atoms with Crippen LogP contribution in [-0.4, -0.2) is 25.1 Å². The van der Waals surface area contributed by atoms with Gasteiger partial charge in [-0.15, -0.1) is 0 Å². The highest BCUT2D eigenvalue weighted by atomic mass is 32.1. The van der Waals surface area contributed by atoms with Crippen molar-refractivity contribution in [2.45, 2.75) is 13.3 Å². The fraction of sp³-hybridized carbons (Fsp3) is 0.222. The van der Waals surface area contributed by atoms with Gasteiger partial charge in [0.25, 0.3) is 5.91 Å². The predicted molar refractivity (Wildman–Crippen MR) is 96.5 cm³/mol. The van der Waals surface area contributed by atoms with Crippen LogP contribution in [0.15, 0.2) is 36.4 Å². The zero-order chi connectivity index (χ0) is 17.1. The SMILES string of the molecule is CCc1cccc2sc(NC(=O)c3cccc(OC)c3OC)nc12. The number of benzene rings is 2. The number of carbonyl (C=O) groups is 1. The van der Waals surface area contributed by atoms with Gasteiger partial charge in [0, 0.05) is 0 Å². The molecule has 0 spiro atoms. The molecular formula is C18H18N2O3S. The number of rotatable bonds is 5. The number of fused-ring (bicyclic) bond motifs is 1. The summed E-state index contributed by atoms with van der Waals surface area (Å²) in [7, 11) is 3.05. The lowest BCUT2D eigenvalue weighted by Crippen LogP contribution is -2.13. The Labute approximate surface area is 144 Å². The highest BCUT2D eigenvalue weighted by Crippen LogP contribution is 2.33. The smallest absolute Gasteiger partial charge is 0.261 e. The number of hydrogen-bond donors (Lipinski definition) is 1. The van der Waals surface area contributed by atoms with Crippen LogP contribution in [0.25, 0.3) is 10.2 Å². The molecule has 0 aliphatic rings. The van der Waals surface area contributed by atoms with Crippen molar-refractivity contribution in [2.24, 2.45) is 0 Å². The minimum atomic E-state index is -0.275. The van der Waals surface area contributed by atoms with Gasteiger partial charge in [-0.25, -0.2) is 4.98 Å². The summed E-state index contributed by atoms with van der Waals surface area (Å²) in [6.07, 6.45) is 0.901. The molecule has 0 atom stereocenters. The number of aryl methyl sites for hydroxylation is 1. The Bertz CT molecular complexity index is 889. The van der Waals surface area contributed by atoms with Crippen LogP contribution in [-0.2, 0) is 6.42 Å². The Balaban J connectivity index is 1.93. The van der Waals surface area contributed by atoms with Crippen LogP contribution in [0.5, 0.6) is 11.5 Å². The van der Waals surface area contributed by atoms with Crippen LogP contribution in [0.2, 0.25) is 0 Å². The number of thiazole rings is 1. The number of hydrogen-bond acceptors (Lipinski definition) is 5. The fourth-order valence-electron chi connectivity index (χ4n) is 2.57. The molecule has 0 aliphatic carbocycles. The lowest BCUT2D eigenvalue weighted by atomic mass is 10.1. The van der Waals surface area contributed by atoms with Gasteiger partial charge in [0.1, 0.15) is 0 Å². The third-order valence-electron chi connectivity index (χ3n) is 3.75. The van der Waals surface area contributed by atoms with Crippen LogP contribution < -0.4 is 14.8 Å². The Kier molecular flexibility index (Phi) is 4.66. The molecule has 0 bridgehead atoms. The molecule has 0 saturated heterocycles. The Morgan fingerprint density at radius 3 is 2.67 bits per heavy atom. The Hall–Kier alpha value is -2.60. The van der Waals surface area contributed by atoms with E-state index in [1.807, 2.05) is 12.1 Å². The van der Waals surface area contributed by atoms with E-state index in [9.17, 15) is 4.79 Å². The van der Waals surface area contributed by atoms with Crippen molar-refractivity contribution in [1.82, 2.24) is 4.98 Å². The van der Waals surface area contributed by atoms with Gasteiger partial charge in [-0.1, -0.05) is 36.5 Å². The number of ether oxygens (including phenoxy) is 2. The molecule has 3 rings (SSSR count). The van der Waals surface area contributed by atoms with E-state index in [2.05, 4.69) is 23.3 Å². The van der Waals surface area contributed by atoms with E-state index in [-0.39, 0.29) is 5.91 Å². The molecular weight excluding hydrogens is 324 g/mol. The summed E-state index contributed by atoms with van der Waals surface area (Å²) in [5.74, 6) is 0.651. The van der Waals surface area contributed by atoms with Crippen molar-refractivity contribution in [1.29, 1.82) is 0 Å². The zero-order valence-electron chi connectivity index (χ0n) is 13.8. The van der Waals surface area contributed by atoms with E-state index in [4.69, 9.17) is 9.47 Å². The van der Waals surface area contributed by atoms with E-state index < -0.39 is 0 Å². The van der Waals surface area contributed by atoms with Crippen molar-refractivity contribution in [2.75, 3.05) is 19.5 Å². The highest BCUT2D eigenvalue weighted by molar-refractivity contribution is 7.22. The van der Waals surface area contributed by atoms with Crippen LogP contribution >= 0.6 is 11.3 Å². The summed E-state index contributed by atoms with van der Waals surface area (Å²) in [5, 5.41) is 3.43. The molecule has 5 nitrogen and oxygen atoms in total. The monoisotopic (exact) mass is 342 g/mol. The van der Waals surface area contributed by atoms with Gasteiger partial charge in [0.05, 0.1) is 30.0 Å². The summed E-state index contributed by atoms with van der Waals surface area (Å²) in [6.45, 7) is 2.09. The largest absolute Gasteiger partial charge is 0.493 e. The standard InChI is InChI=1S/C18H18N2O3S/c1-4-11-7-5-10-14-15(11)19-18(24-14)20-17(21)12-8-6-9-13(22-2)16(12)23-3/h5-10H,4H2,1-3H3,(H,19,20,21). The number of methoxy groups -OCH3 is 2. The minimum Gasteiger partial charge on any atom is -0.493 e. The maximum atomic E-state index is 12.6. The van der Waals surface area contributed by atoms with E-state index in [0.29, 0.717) is 22.2 Å². The van der Waals surface area contributed by atoms with Crippen LogP contribution in [0, 0.1) is 0 Å². The summed E-state index contributed by atoms with van der Waals surface area (Å²) in [5.41, 5.74) is 2.52. The minimum absolute atomic E-state index is 0.275. The van der Waals surface area contributed by atoms with Crippen LogP contribution in [0.4, 0.5) is 5.13 Å². The quantitative estimate of drug-likeness (QED) is 0.757. The van der Waals surface area contributed by atoms with Gasteiger partial charge in [-0.05, 0) is 30.2 Å². The molecule has 124 valence electrons. The maximum Gasteiger partial charge on any atom is 0.261 e. The number of amides is 1. The second kappa shape index (κ2) is 6.88. The first kappa shape index (κ1) is 16.3. The number of nitrogens with one attached hydrogen (secondary N) is 1. The van der Waals surface area contributed by atoms with Gasteiger partial charge in [-0.3, -0.25) is 10.1 Å². The molecule has 1 N–H and O–H groups in total. The van der Waals surface area contributed by atoms with Crippen molar-refractivity contribution in [3.05, 3.63) is 47.5 Å². The van der Waals surface area contributed by atoms with Gasteiger partial charge in [-0.2, -0.15) is 0 Å². The number of carbonyl (C=O) groups excluding carboxylic acids is 1. The second-order valence-electron chi connectivity index (χ2n) is 5.13. The zero-order valence-corrected chi connectivity index (χ0v) is 14.6. The van der Waals surface area contributed by atoms with E-state index in [1.54, 1.807) is 25.3 Å². The van der Waals surface area contributed by atoms with Gasteiger partial charge in [0.2, 0.25) is 0 Å². The average molecular weight is 342 g/mol. The summed E-state index contributed by atoms with van der Waals surface area (Å²) in [6, 6.07) is 11.3. The highest BCUT2D eigenvalue weighted by Gasteiger charge is 2.18. The molecule has 0 unspecified atom stereocenters. The number of anilines is 1. The average Bonchev–Trinajstić information content (AvgIpc) is 3.02. The molecule has 0 aliphatic heterocycles. The third-order valence-corrected chi connectivity index (χ3v) is 4.69. The van der Waals surface area contributed by atoms with E-state index in [0.717, 1.165) is 16.6 Å².